The van der Waals surface area contributed by atoms with Crippen molar-refractivity contribution in [3.63, 3.8) is 0 Å². The van der Waals surface area contributed by atoms with E-state index < -0.39 is 11.6 Å². The summed E-state index contributed by atoms with van der Waals surface area (Å²) in [6.45, 7) is 7.82. The summed E-state index contributed by atoms with van der Waals surface area (Å²) < 4.78 is 8.91. The largest absolute Gasteiger partial charge is 0.487 e. The van der Waals surface area contributed by atoms with Crippen LogP contribution in [0.2, 0.25) is 5.02 Å². The normalized spacial score (nSPS) is 11.9. The fraction of sp³-hybridized carbons (Fsp3) is 0.259. The molecule has 3 aromatic heterocycles. The van der Waals surface area contributed by atoms with Crippen molar-refractivity contribution in [3.8, 4) is 27.4 Å². The summed E-state index contributed by atoms with van der Waals surface area (Å²) in [5.41, 5.74) is 5.94. The van der Waals surface area contributed by atoms with Gasteiger partial charge in [0.25, 0.3) is 0 Å². The van der Waals surface area contributed by atoms with E-state index in [4.69, 9.17) is 21.3 Å². The standard InChI is InChI=1S/C27H25ClN4O3S/c1-14-8-20-25(36-26(30-20)15-9-19-21(29-12-15)13-32(5)31-19)24(18(14)11-23(33)34)17-7-6-16(28)10-22(17)35-27(2,3)4/h6-10,12-13H,11H2,1-5H3,(H,33,34). The predicted octanol–water partition coefficient (Wildman–Crippen LogP) is 6.68. The van der Waals surface area contributed by atoms with Crippen LogP contribution >= 0.6 is 22.9 Å². The monoisotopic (exact) mass is 520 g/mol. The van der Waals surface area contributed by atoms with Crippen molar-refractivity contribution >= 4 is 50.2 Å². The highest BCUT2D eigenvalue weighted by atomic mass is 35.5. The molecule has 5 aromatic rings. The summed E-state index contributed by atoms with van der Waals surface area (Å²) in [6, 6.07) is 9.39. The SMILES string of the molecule is Cc1cc2nc(-c3cnc4cn(C)nc4c3)sc2c(-c2ccc(Cl)cc2OC(C)(C)C)c1CC(=O)O. The van der Waals surface area contributed by atoms with Crippen molar-refractivity contribution in [2.24, 2.45) is 7.05 Å². The van der Waals surface area contributed by atoms with Gasteiger partial charge >= 0.3 is 5.97 Å². The second-order valence-corrected chi connectivity index (χ2v) is 11.2. The summed E-state index contributed by atoms with van der Waals surface area (Å²) in [6.07, 6.45) is 3.54. The molecule has 0 spiro atoms. The van der Waals surface area contributed by atoms with Gasteiger partial charge in [-0.15, -0.1) is 11.3 Å². The maximum atomic E-state index is 11.9. The Morgan fingerprint density at radius 3 is 2.67 bits per heavy atom. The van der Waals surface area contributed by atoms with Crippen LogP contribution in [0, 0.1) is 6.92 Å². The molecule has 0 radical (unpaired) electrons. The number of hydrogen-bond donors (Lipinski definition) is 1. The van der Waals surface area contributed by atoms with E-state index in [2.05, 4.69) is 10.1 Å². The Bertz CT molecular complexity index is 1650. The number of pyridine rings is 1. The van der Waals surface area contributed by atoms with E-state index in [1.165, 1.54) is 11.3 Å². The number of nitrogens with zero attached hydrogens (tertiary/aromatic N) is 4. The molecule has 0 amide bonds. The lowest BCUT2D eigenvalue weighted by Gasteiger charge is -2.24. The molecule has 0 saturated carbocycles. The molecule has 3 heterocycles. The van der Waals surface area contributed by atoms with Gasteiger partial charge in [0.1, 0.15) is 27.4 Å². The number of aliphatic carboxylic acids is 1. The van der Waals surface area contributed by atoms with Gasteiger partial charge in [0.2, 0.25) is 0 Å². The Kier molecular flexibility index (Phi) is 5.97. The van der Waals surface area contributed by atoms with Gasteiger partial charge in [-0.05, 0) is 69.2 Å². The van der Waals surface area contributed by atoms with Gasteiger partial charge in [0.05, 0.1) is 22.8 Å². The van der Waals surface area contributed by atoms with Gasteiger partial charge < -0.3 is 9.84 Å². The minimum absolute atomic E-state index is 0.122. The van der Waals surface area contributed by atoms with Crippen LogP contribution in [-0.2, 0) is 18.3 Å². The molecule has 184 valence electrons. The number of halogens is 1. The van der Waals surface area contributed by atoms with Crippen LogP contribution in [0.4, 0.5) is 0 Å². The number of aromatic nitrogens is 4. The van der Waals surface area contributed by atoms with Gasteiger partial charge in [-0.3, -0.25) is 14.5 Å². The molecular formula is C27H25ClN4O3S. The summed E-state index contributed by atoms with van der Waals surface area (Å²) in [7, 11) is 1.86. The van der Waals surface area contributed by atoms with Crippen molar-refractivity contribution in [1.82, 2.24) is 19.7 Å². The zero-order valence-electron chi connectivity index (χ0n) is 20.6. The Labute approximate surface area is 217 Å². The lowest BCUT2D eigenvalue weighted by molar-refractivity contribution is -0.136. The highest BCUT2D eigenvalue weighted by Crippen LogP contribution is 2.45. The van der Waals surface area contributed by atoms with Crippen LogP contribution < -0.4 is 4.74 Å². The second-order valence-electron chi connectivity index (χ2n) is 9.77. The molecule has 36 heavy (non-hydrogen) atoms. The number of rotatable bonds is 5. The summed E-state index contributed by atoms with van der Waals surface area (Å²) in [5.74, 6) is -0.305. The molecule has 0 fully saturated rings. The van der Waals surface area contributed by atoms with E-state index in [-0.39, 0.29) is 6.42 Å². The minimum Gasteiger partial charge on any atom is -0.487 e. The minimum atomic E-state index is -0.902. The Balaban J connectivity index is 1.78. The number of benzene rings is 2. The van der Waals surface area contributed by atoms with E-state index in [1.54, 1.807) is 23.0 Å². The number of ether oxygens (including phenoxy) is 1. The number of carboxylic acids is 1. The Morgan fingerprint density at radius 1 is 1.17 bits per heavy atom. The van der Waals surface area contributed by atoms with E-state index in [0.29, 0.717) is 10.8 Å². The van der Waals surface area contributed by atoms with Crippen LogP contribution in [0.15, 0.2) is 42.7 Å². The molecule has 2 aromatic carbocycles. The average molecular weight is 521 g/mol. The van der Waals surface area contributed by atoms with Crippen LogP contribution in [-0.4, -0.2) is 36.4 Å². The molecule has 0 saturated heterocycles. The molecule has 5 rings (SSSR count). The van der Waals surface area contributed by atoms with E-state index in [9.17, 15) is 9.90 Å². The predicted molar refractivity (Wildman–Crippen MR) is 144 cm³/mol. The molecule has 0 aliphatic heterocycles. The van der Waals surface area contributed by atoms with E-state index in [0.717, 1.165) is 54.1 Å². The van der Waals surface area contributed by atoms with Crippen molar-refractivity contribution in [2.45, 2.75) is 39.7 Å². The zero-order chi connectivity index (χ0) is 25.8. The first-order valence-electron chi connectivity index (χ1n) is 11.4. The topological polar surface area (TPSA) is 90.1 Å². The smallest absolute Gasteiger partial charge is 0.307 e. The Morgan fingerprint density at radius 2 is 1.94 bits per heavy atom. The lowest BCUT2D eigenvalue weighted by Crippen LogP contribution is -2.23. The summed E-state index contributed by atoms with van der Waals surface area (Å²) in [4.78, 5) is 21.3. The second kappa shape index (κ2) is 8.87. The molecule has 0 aliphatic carbocycles. The molecular weight excluding hydrogens is 496 g/mol. The first kappa shape index (κ1) is 24.2. The van der Waals surface area contributed by atoms with Crippen molar-refractivity contribution in [3.05, 3.63) is 58.9 Å². The highest BCUT2D eigenvalue weighted by molar-refractivity contribution is 7.22. The third-order valence-electron chi connectivity index (χ3n) is 5.69. The van der Waals surface area contributed by atoms with Crippen LogP contribution in [0.25, 0.3) is 42.9 Å². The first-order valence-corrected chi connectivity index (χ1v) is 12.6. The zero-order valence-corrected chi connectivity index (χ0v) is 22.2. The third kappa shape index (κ3) is 4.66. The molecule has 0 unspecified atom stereocenters. The van der Waals surface area contributed by atoms with Crippen molar-refractivity contribution in [1.29, 1.82) is 0 Å². The van der Waals surface area contributed by atoms with Gasteiger partial charge in [0, 0.05) is 35.0 Å². The summed E-state index contributed by atoms with van der Waals surface area (Å²) in [5, 5.41) is 15.5. The van der Waals surface area contributed by atoms with Gasteiger partial charge in [0.15, 0.2) is 0 Å². The average Bonchev–Trinajstić information content (AvgIpc) is 3.35. The van der Waals surface area contributed by atoms with E-state index >= 15 is 0 Å². The first-order chi connectivity index (χ1) is 17.0. The van der Waals surface area contributed by atoms with Gasteiger partial charge in [-0.1, -0.05) is 11.6 Å². The van der Waals surface area contributed by atoms with E-state index in [1.807, 2.05) is 59.1 Å². The van der Waals surface area contributed by atoms with Crippen LogP contribution in [0.1, 0.15) is 31.9 Å². The maximum Gasteiger partial charge on any atom is 0.307 e. The van der Waals surface area contributed by atoms with Crippen molar-refractivity contribution in [2.75, 3.05) is 0 Å². The molecule has 0 atom stereocenters. The fourth-order valence-corrected chi connectivity index (χ4v) is 5.55. The molecule has 0 aliphatic rings. The Hall–Kier alpha value is -3.49. The quantitative estimate of drug-likeness (QED) is 0.278. The van der Waals surface area contributed by atoms with Gasteiger partial charge in [-0.25, -0.2) is 4.98 Å². The number of fused-ring (bicyclic) bond motifs is 2. The molecule has 0 bridgehead atoms. The van der Waals surface area contributed by atoms with Gasteiger partial charge in [-0.2, -0.15) is 5.10 Å². The molecule has 7 nitrogen and oxygen atoms in total. The highest BCUT2D eigenvalue weighted by Gasteiger charge is 2.24. The lowest BCUT2D eigenvalue weighted by atomic mass is 9.92. The molecule has 1 N–H and O–H groups in total. The number of thiazole rings is 1. The number of aryl methyl sites for hydroxylation is 2. The van der Waals surface area contributed by atoms with Crippen molar-refractivity contribution < 1.29 is 14.6 Å². The number of hydrogen-bond acceptors (Lipinski definition) is 6. The van der Waals surface area contributed by atoms with Crippen LogP contribution in [0.3, 0.4) is 0 Å². The summed E-state index contributed by atoms with van der Waals surface area (Å²) >= 11 is 7.84. The third-order valence-corrected chi connectivity index (χ3v) is 7.06. The maximum absolute atomic E-state index is 11.9. The number of carboxylic acid groups (broad SMARTS) is 1. The molecule has 9 heteroatoms. The number of carbonyl (C=O) groups is 1. The van der Waals surface area contributed by atoms with Crippen LogP contribution in [0.5, 0.6) is 5.75 Å². The fourth-order valence-electron chi connectivity index (χ4n) is 4.28.